The van der Waals surface area contributed by atoms with E-state index in [1.165, 1.54) is 27.8 Å². The van der Waals surface area contributed by atoms with Crippen LogP contribution in [0.5, 0.6) is 0 Å². The van der Waals surface area contributed by atoms with Gasteiger partial charge in [0.1, 0.15) is 17.8 Å². The number of aromatic nitrogens is 3. The third-order valence-electron chi connectivity index (χ3n) is 2.93. The fourth-order valence-electron chi connectivity index (χ4n) is 1.94. The molecule has 0 atom stereocenters. The van der Waals surface area contributed by atoms with Gasteiger partial charge in [-0.25, -0.2) is 4.68 Å². The third-order valence-corrected chi connectivity index (χ3v) is 5.11. The van der Waals surface area contributed by atoms with E-state index in [0.717, 1.165) is 5.56 Å². The molecule has 0 radical (unpaired) electrons. The topological polar surface area (TPSA) is 74.1 Å². The van der Waals surface area contributed by atoms with Crippen LogP contribution in [0.3, 0.4) is 0 Å². The molecular formula is C16H20ClN3O3S2. The van der Waals surface area contributed by atoms with Crippen molar-refractivity contribution in [2.75, 3.05) is 0 Å². The largest absolute Gasteiger partial charge is 0.459 e. The Hall–Kier alpha value is -1.38. The normalized spacial score (nSPS) is 11.6. The zero-order chi connectivity index (χ0) is 18.6. The van der Waals surface area contributed by atoms with E-state index >= 15 is 0 Å². The molecule has 2 rings (SSSR count). The lowest BCUT2D eigenvalue weighted by atomic mass is 10.2. The van der Waals surface area contributed by atoms with Crippen LogP contribution < -0.4 is 5.56 Å². The predicted molar refractivity (Wildman–Crippen MR) is 100 cm³/mol. The van der Waals surface area contributed by atoms with Crippen molar-refractivity contribution in [3.05, 3.63) is 37.4 Å². The number of hydrogen-bond donors (Lipinski definition) is 0. The molecule has 0 aromatic carbocycles. The maximum Gasteiger partial charge on any atom is 0.328 e. The number of thioether (sulfide) groups is 1. The standard InChI is InChI=1S/C16H20ClN3O3S2/c1-5-11-14(22)18-15(25-9-10-6-12(17)24-8-10)20(19-11)7-13(21)23-16(2,3)4/h6,8H,5,7,9H2,1-4H3. The second-order valence-corrected chi connectivity index (χ2v) is 8.78. The predicted octanol–water partition coefficient (Wildman–Crippen LogP) is 3.55. The summed E-state index contributed by atoms with van der Waals surface area (Å²) in [6.07, 6.45) is 0.450. The molecule has 0 saturated heterocycles. The Bertz CT molecular complexity index is 812. The highest BCUT2D eigenvalue weighted by molar-refractivity contribution is 7.98. The van der Waals surface area contributed by atoms with Crippen molar-refractivity contribution in [1.29, 1.82) is 0 Å². The molecule has 6 nitrogen and oxygen atoms in total. The number of rotatable bonds is 6. The van der Waals surface area contributed by atoms with Crippen molar-refractivity contribution in [3.8, 4) is 0 Å². The van der Waals surface area contributed by atoms with Gasteiger partial charge in [0, 0.05) is 5.75 Å². The van der Waals surface area contributed by atoms with Crippen LogP contribution in [0.15, 0.2) is 21.4 Å². The Morgan fingerprint density at radius 2 is 2.16 bits per heavy atom. The van der Waals surface area contributed by atoms with Crippen LogP contribution in [0.2, 0.25) is 4.34 Å². The first-order valence-corrected chi connectivity index (χ1v) is 9.98. The summed E-state index contributed by atoms with van der Waals surface area (Å²) < 4.78 is 7.48. The van der Waals surface area contributed by atoms with E-state index in [0.29, 0.717) is 27.4 Å². The van der Waals surface area contributed by atoms with Crippen molar-refractivity contribution in [3.63, 3.8) is 0 Å². The SMILES string of the molecule is CCc1nn(CC(=O)OC(C)(C)C)c(SCc2csc(Cl)c2)nc1=O. The molecule has 2 aromatic heterocycles. The number of halogens is 1. The molecule has 0 unspecified atom stereocenters. The van der Waals surface area contributed by atoms with E-state index < -0.39 is 11.6 Å². The summed E-state index contributed by atoms with van der Waals surface area (Å²) in [6, 6.07) is 1.86. The summed E-state index contributed by atoms with van der Waals surface area (Å²) in [5, 5.41) is 6.60. The van der Waals surface area contributed by atoms with E-state index in [4.69, 9.17) is 16.3 Å². The summed E-state index contributed by atoms with van der Waals surface area (Å²) in [5.41, 5.74) is 0.399. The highest BCUT2D eigenvalue weighted by Gasteiger charge is 2.19. The number of thiophene rings is 1. The fraction of sp³-hybridized carbons (Fsp3) is 0.500. The molecule has 0 spiro atoms. The smallest absolute Gasteiger partial charge is 0.328 e. The molecule has 2 heterocycles. The first-order valence-electron chi connectivity index (χ1n) is 7.73. The van der Waals surface area contributed by atoms with Crippen LogP contribution in [0.4, 0.5) is 0 Å². The van der Waals surface area contributed by atoms with Crippen LogP contribution in [-0.2, 0) is 28.2 Å². The minimum atomic E-state index is -0.585. The number of carbonyl (C=O) groups excluding carboxylic acids is 1. The van der Waals surface area contributed by atoms with Gasteiger partial charge in [-0.05, 0) is 44.2 Å². The van der Waals surface area contributed by atoms with Gasteiger partial charge in [0.05, 0.1) is 4.34 Å². The Morgan fingerprint density at radius 1 is 1.44 bits per heavy atom. The number of esters is 1. The van der Waals surface area contributed by atoms with E-state index in [1.807, 2.05) is 18.4 Å². The molecule has 25 heavy (non-hydrogen) atoms. The summed E-state index contributed by atoms with van der Waals surface area (Å²) in [7, 11) is 0. The first kappa shape index (κ1) is 19.9. The van der Waals surface area contributed by atoms with Gasteiger partial charge >= 0.3 is 5.97 Å². The minimum absolute atomic E-state index is 0.0930. The Kier molecular flexibility index (Phi) is 6.65. The Morgan fingerprint density at radius 3 is 2.72 bits per heavy atom. The van der Waals surface area contributed by atoms with Gasteiger partial charge in [-0.3, -0.25) is 9.59 Å². The Balaban J connectivity index is 2.22. The molecule has 136 valence electrons. The lowest BCUT2D eigenvalue weighted by Gasteiger charge is -2.20. The molecule has 0 saturated carbocycles. The molecule has 0 aliphatic rings. The van der Waals surface area contributed by atoms with Gasteiger partial charge in [-0.2, -0.15) is 10.1 Å². The molecule has 0 fully saturated rings. The summed E-state index contributed by atoms with van der Waals surface area (Å²) >= 11 is 8.71. The van der Waals surface area contributed by atoms with Gasteiger partial charge < -0.3 is 4.74 Å². The third kappa shape index (κ3) is 6.13. The van der Waals surface area contributed by atoms with Crippen LogP contribution >= 0.6 is 34.7 Å². The Labute approximate surface area is 159 Å². The van der Waals surface area contributed by atoms with E-state index in [1.54, 1.807) is 20.8 Å². The van der Waals surface area contributed by atoms with Gasteiger partial charge in [-0.15, -0.1) is 11.3 Å². The average Bonchev–Trinajstić information content (AvgIpc) is 2.90. The van der Waals surface area contributed by atoms with Gasteiger partial charge in [-0.1, -0.05) is 30.3 Å². The second kappa shape index (κ2) is 8.33. The minimum Gasteiger partial charge on any atom is -0.459 e. The number of aryl methyl sites for hydroxylation is 1. The molecule has 0 N–H and O–H groups in total. The van der Waals surface area contributed by atoms with Crippen LogP contribution in [0.25, 0.3) is 0 Å². The number of ether oxygens (including phenoxy) is 1. The number of nitrogens with zero attached hydrogens (tertiary/aromatic N) is 3. The van der Waals surface area contributed by atoms with Gasteiger partial charge in [0.25, 0.3) is 5.56 Å². The van der Waals surface area contributed by atoms with Crippen molar-refractivity contribution in [2.24, 2.45) is 0 Å². The van der Waals surface area contributed by atoms with Crippen molar-refractivity contribution in [1.82, 2.24) is 14.8 Å². The maximum atomic E-state index is 12.1. The van der Waals surface area contributed by atoms with Crippen LogP contribution in [0.1, 0.15) is 39.0 Å². The molecule has 2 aromatic rings. The summed E-state index contributed by atoms with van der Waals surface area (Å²) in [6.45, 7) is 7.13. The van der Waals surface area contributed by atoms with Crippen molar-refractivity contribution >= 4 is 40.7 Å². The number of hydrogen-bond acceptors (Lipinski definition) is 7. The van der Waals surface area contributed by atoms with E-state index in [2.05, 4.69) is 10.1 Å². The molecule has 0 bridgehead atoms. The highest BCUT2D eigenvalue weighted by Crippen LogP contribution is 2.26. The molecule has 9 heteroatoms. The fourth-order valence-corrected chi connectivity index (χ4v) is 3.82. The lowest BCUT2D eigenvalue weighted by Crippen LogP contribution is -2.30. The zero-order valence-electron chi connectivity index (χ0n) is 14.5. The molecule has 0 amide bonds. The highest BCUT2D eigenvalue weighted by atomic mass is 35.5. The molecular weight excluding hydrogens is 382 g/mol. The van der Waals surface area contributed by atoms with Crippen LogP contribution in [-0.4, -0.2) is 26.3 Å². The van der Waals surface area contributed by atoms with E-state index in [9.17, 15) is 9.59 Å². The summed E-state index contributed by atoms with van der Waals surface area (Å²) in [4.78, 5) is 28.2. The monoisotopic (exact) mass is 401 g/mol. The lowest BCUT2D eigenvalue weighted by molar-refractivity contribution is -0.156. The van der Waals surface area contributed by atoms with Crippen molar-refractivity contribution < 1.29 is 9.53 Å². The van der Waals surface area contributed by atoms with Gasteiger partial charge in [0.2, 0.25) is 0 Å². The number of carbonyl (C=O) groups is 1. The maximum absolute atomic E-state index is 12.1. The van der Waals surface area contributed by atoms with Crippen LogP contribution in [0, 0.1) is 0 Å². The second-order valence-electron chi connectivity index (χ2n) is 6.29. The van der Waals surface area contributed by atoms with E-state index in [-0.39, 0.29) is 12.1 Å². The zero-order valence-corrected chi connectivity index (χ0v) is 16.9. The quantitative estimate of drug-likeness (QED) is 0.544. The molecule has 0 aliphatic heterocycles. The molecule has 0 aliphatic carbocycles. The average molecular weight is 402 g/mol. The van der Waals surface area contributed by atoms with Gasteiger partial charge in [0.15, 0.2) is 5.16 Å². The summed E-state index contributed by atoms with van der Waals surface area (Å²) in [5.74, 6) is 0.157. The van der Waals surface area contributed by atoms with Crippen molar-refractivity contribution in [2.45, 2.75) is 57.2 Å². The first-order chi connectivity index (χ1) is 11.7.